The lowest BCUT2D eigenvalue weighted by Gasteiger charge is -1.96. The molecule has 2 rings (SSSR count). The van der Waals surface area contributed by atoms with Crippen molar-refractivity contribution < 1.29 is 4.39 Å². The van der Waals surface area contributed by atoms with Crippen LogP contribution in [0.5, 0.6) is 0 Å². The molecule has 0 aliphatic rings. The van der Waals surface area contributed by atoms with E-state index in [0.29, 0.717) is 5.56 Å². The molecule has 0 spiro atoms. The van der Waals surface area contributed by atoms with Gasteiger partial charge in [-0.3, -0.25) is 0 Å². The predicted molar refractivity (Wildman–Crippen MR) is 73.7 cm³/mol. The van der Waals surface area contributed by atoms with E-state index in [-0.39, 0.29) is 5.82 Å². The summed E-state index contributed by atoms with van der Waals surface area (Å²) in [5.41, 5.74) is 3.23. The molecule has 18 heavy (non-hydrogen) atoms. The van der Waals surface area contributed by atoms with Gasteiger partial charge in [-0.1, -0.05) is 42.7 Å². The van der Waals surface area contributed by atoms with Crippen molar-refractivity contribution in [3.63, 3.8) is 0 Å². The van der Waals surface area contributed by atoms with E-state index in [1.165, 1.54) is 6.07 Å². The summed E-state index contributed by atoms with van der Waals surface area (Å²) in [5, 5.41) is 0. The van der Waals surface area contributed by atoms with Crippen molar-refractivity contribution in [1.29, 1.82) is 0 Å². The maximum absolute atomic E-state index is 13.6. The third-order valence-corrected chi connectivity index (χ3v) is 2.61. The number of rotatable bonds is 1. The highest BCUT2D eigenvalue weighted by molar-refractivity contribution is 5.51. The van der Waals surface area contributed by atoms with E-state index in [0.717, 1.165) is 16.7 Å². The van der Waals surface area contributed by atoms with Crippen LogP contribution in [0.15, 0.2) is 49.0 Å². The van der Waals surface area contributed by atoms with Crippen LogP contribution in [0.4, 0.5) is 4.39 Å². The molecule has 0 unspecified atom stereocenters. The summed E-state index contributed by atoms with van der Waals surface area (Å²) in [6.07, 6.45) is 1.77. The van der Waals surface area contributed by atoms with Gasteiger partial charge < -0.3 is 0 Å². The van der Waals surface area contributed by atoms with E-state index in [2.05, 4.69) is 18.4 Å². The van der Waals surface area contributed by atoms with Crippen molar-refractivity contribution >= 4 is 6.08 Å². The fourth-order valence-corrected chi connectivity index (χ4v) is 1.56. The van der Waals surface area contributed by atoms with Crippen LogP contribution >= 0.6 is 0 Å². The molecule has 2 aromatic carbocycles. The Kier molecular flexibility index (Phi) is 3.60. The van der Waals surface area contributed by atoms with Gasteiger partial charge in [0.25, 0.3) is 0 Å². The third-order valence-electron chi connectivity index (χ3n) is 2.61. The number of hydrogen-bond donors (Lipinski definition) is 0. The van der Waals surface area contributed by atoms with E-state index < -0.39 is 0 Å². The summed E-state index contributed by atoms with van der Waals surface area (Å²) in [5.74, 6) is 5.52. The van der Waals surface area contributed by atoms with Crippen molar-refractivity contribution in [2.45, 2.75) is 6.92 Å². The Morgan fingerprint density at radius 1 is 1.06 bits per heavy atom. The molecular formula is C17H13F. The number of hydrogen-bond acceptors (Lipinski definition) is 0. The fourth-order valence-electron chi connectivity index (χ4n) is 1.56. The molecule has 88 valence electrons. The lowest BCUT2D eigenvalue weighted by Crippen LogP contribution is -1.84. The zero-order valence-electron chi connectivity index (χ0n) is 10.2. The highest BCUT2D eigenvalue weighted by Crippen LogP contribution is 2.09. The average Bonchev–Trinajstić information content (AvgIpc) is 2.38. The molecule has 0 saturated carbocycles. The Hall–Kier alpha value is -2.33. The molecule has 2 aromatic rings. The predicted octanol–water partition coefficient (Wildman–Crippen LogP) is 4.18. The summed E-state index contributed by atoms with van der Waals surface area (Å²) in [4.78, 5) is 0. The Morgan fingerprint density at radius 2 is 1.78 bits per heavy atom. The highest BCUT2D eigenvalue weighted by Gasteiger charge is 1.97. The second kappa shape index (κ2) is 5.33. The van der Waals surface area contributed by atoms with Gasteiger partial charge in [0, 0.05) is 5.56 Å². The highest BCUT2D eigenvalue weighted by atomic mass is 19.1. The normalized spacial score (nSPS) is 9.44. The molecule has 0 bridgehead atoms. The fraction of sp³-hybridized carbons (Fsp3) is 0.0588. The Bertz CT molecular complexity index is 625. The maximum Gasteiger partial charge on any atom is 0.139 e. The first-order valence-corrected chi connectivity index (χ1v) is 5.70. The lowest BCUT2D eigenvalue weighted by atomic mass is 10.1. The van der Waals surface area contributed by atoms with Gasteiger partial charge in [-0.25, -0.2) is 4.39 Å². The first kappa shape index (κ1) is 12.1. The van der Waals surface area contributed by atoms with Crippen LogP contribution in [0.1, 0.15) is 22.3 Å². The van der Waals surface area contributed by atoms with Crippen molar-refractivity contribution in [2.75, 3.05) is 0 Å². The first-order valence-electron chi connectivity index (χ1n) is 5.70. The molecule has 0 saturated heterocycles. The minimum atomic E-state index is -0.273. The van der Waals surface area contributed by atoms with Crippen LogP contribution in [-0.4, -0.2) is 0 Å². The van der Waals surface area contributed by atoms with Crippen molar-refractivity contribution in [3.05, 3.63) is 77.1 Å². The van der Waals surface area contributed by atoms with Crippen LogP contribution in [-0.2, 0) is 0 Å². The van der Waals surface area contributed by atoms with Gasteiger partial charge in [-0.05, 0) is 42.3 Å². The lowest BCUT2D eigenvalue weighted by molar-refractivity contribution is 0.623. The second-order valence-electron chi connectivity index (χ2n) is 4.06. The zero-order chi connectivity index (χ0) is 13.0. The van der Waals surface area contributed by atoms with Crippen LogP contribution in [0.3, 0.4) is 0 Å². The summed E-state index contributed by atoms with van der Waals surface area (Å²) >= 11 is 0. The molecule has 0 radical (unpaired) electrons. The smallest absolute Gasteiger partial charge is 0.139 e. The number of halogens is 1. The van der Waals surface area contributed by atoms with Crippen LogP contribution in [0.25, 0.3) is 6.08 Å². The van der Waals surface area contributed by atoms with Crippen LogP contribution in [0.2, 0.25) is 0 Å². The summed E-state index contributed by atoms with van der Waals surface area (Å²) in [7, 11) is 0. The summed E-state index contributed by atoms with van der Waals surface area (Å²) < 4.78 is 13.6. The van der Waals surface area contributed by atoms with E-state index >= 15 is 0 Å². The third kappa shape index (κ3) is 2.87. The Labute approximate surface area is 107 Å². The van der Waals surface area contributed by atoms with Gasteiger partial charge in [-0.15, -0.1) is 0 Å². The maximum atomic E-state index is 13.6. The number of aryl methyl sites for hydroxylation is 1. The van der Waals surface area contributed by atoms with E-state index in [1.807, 2.05) is 37.3 Å². The minimum Gasteiger partial charge on any atom is -0.206 e. The average molecular weight is 236 g/mol. The van der Waals surface area contributed by atoms with Gasteiger partial charge in [0.1, 0.15) is 5.82 Å². The summed E-state index contributed by atoms with van der Waals surface area (Å²) in [6.45, 7) is 5.54. The Balaban J connectivity index is 2.27. The molecule has 0 aliphatic carbocycles. The van der Waals surface area contributed by atoms with Gasteiger partial charge in [0.15, 0.2) is 0 Å². The van der Waals surface area contributed by atoms with E-state index in [9.17, 15) is 4.39 Å². The SMILES string of the molecule is C=Cc1ccc(C#Cc2ccc(C)cc2F)cc1. The molecule has 0 heterocycles. The largest absolute Gasteiger partial charge is 0.206 e. The van der Waals surface area contributed by atoms with Gasteiger partial charge >= 0.3 is 0 Å². The minimum absolute atomic E-state index is 0.273. The molecular weight excluding hydrogens is 223 g/mol. The molecule has 1 heteroatoms. The van der Waals surface area contributed by atoms with Crippen LogP contribution in [0, 0.1) is 24.6 Å². The number of benzene rings is 2. The van der Waals surface area contributed by atoms with Crippen molar-refractivity contribution in [3.8, 4) is 11.8 Å². The zero-order valence-corrected chi connectivity index (χ0v) is 10.2. The molecule has 0 fully saturated rings. The standard InChI is InChI=1S/C17H13F/c1-3-14-5-7-15(8-6-14)9-11-16-10-4-13(2)12-17(16)18/h3-8,10,12H,1H2,2H3. The molecule has 0 amide bonds. The summed E-state index contributed by atoms with van der Waals surface area (Å²) in [6, 6.07) is 12.7. The van der Waals surface area contributed by atoms with E-state index in [1.54, 1.807) is 12.1 Å². The molecule has 0 N–H and O–H groups in total. The first-order chi connectivity index (χ1) is 8.69. The van der Waals surface area contributed by atoms with E-state index in [4.69, 9.17) is 0 Å². The van der Waals surface area contributed by atoms with Gasteiger partial charge in [0.05, 0.1) is 5.56 Å². The van der Waals surface area contributed by atoms with Gasteiger partial charge in [-0.2, -0.15) is 0 Å². The monoisotopic (exact) mass is 236 g/mol. The Morgan fingerprint density at radius 3 is 2.39 bits per heavy atom. The second-order valence-corrected chi connectivity index (χ2v) is 4.06. The molecule has 0 nitrogen and oxygen atoms in total. The topological polar surface area (TPSA) is 0 Å². The molecule has 0 aromatic heterocycles. The van der Waals surface area contributed by atoms with Crippen molar-refractivity contribution in [2.24, 2.45) is 0 Å². The van der Waals surface area contributed by atoms with Crippen molar-refractivity contribution in [1.82, 2.24) is 0 Å². The molecule has 0 atom stereocenters. The van der Waals surface area contributed by atoms with Crippen LogP contribution < -0.4 is 0 Å². The quantitative estimate of drug-likeness (QED) is 0.652. The molecule has 0 aliphatic heterocycles. The van der Waals surface area contributed by atoms with Gasteiger partial charge in [0.2, 0.25) is 0 Å².